The number of aryl methyl sites for hydroxylation is 1. The molecule has 0 atom stereocenters. The first-order chi connectivity index (χ1) is 13.6. The first-order valence-electron chi connectivity index (χ1n) is 10.0. The second kappa shape index (κ2) is 8.22. The molecule has 1 aliphatic heterocycles. The Labute approximate surface area is 165 Å². The monoisotopic (exact) mass is 384 g/mol. The Kier molecular flexibility index (Phi) is 5.52. The number of likely N-dealkylation sites (N-methyl/N-ethyl adjacent to an activating group) is 1. The van der Waals surface area contributed by atoms with E-state index in [0.717, 1.165) is 63.5 Å². The Balaban J connectivity index is 1.33. The number of amides is 1. The normalized spacial score (nSPS) is 23.6. The summed E-state index contributed by atoms with van der Waals surface area (Å²) in [6.07, 6.45) is 8.88. The lowest BCUT2D eigenvalue weighted by Crippen LogP contribution is -2.45. The van der Waals surface area contributed by atoms with E-state index in [1.807, 2.05) is 11.6 Å². The molecule has 3 heterocycles. The van der Waals surface area contributed by atoms with Crippen LogP contribution in [0.25, 0.3) is 0 Å². The summed E-state index contributed by atoms with van der Waals surface area (Å²) in [7, 11) is 2.12. The van der Waals surface area contributed by atoms with Gasteiger partial charge in [-0.2, -0.15) is 5.10 Å². The van der Waals surface area contributed by atoms with Gasteiger partial charge in [-0.05, 0) is 39.7 Å². The van der Waals surface area contributed by atoms with E-state index >= 15 is 0 Å². The summed E-state index contributed by atoms with van der Waals surface area (Å²) in [5, 5.41) is 7.39. The molecule has 1 aliphatic carbocycles. The van der Waals surface area contributed by atoms with Crippen molar-refractivity contribution in [1.82, 2.24) is 34.9 Å². The number of carbonyl (C=O) groups is 1. The van der Waals surface area contributed by atoms with Gasteiger partial charge in [-0.3, -0.25) is 4.79 Å². The molecule has 1 saturated carbocycles. The van der Waals surface area contributed by atoms with Crippen molar-refractivity contribution in [3.63, 3.8) is 0 Å². The van der Waals surface area contributed by atoms with Gasteiger partial charge in [0.25, 0.3) is 5.91 Å². The molecule has 4 rings (SSSR count). The molecule has 1 N–H and O–H groups in total. The SMILES string of the molecule is Cc1nc(N2CCN(C)CC2)ncc1C(=O)NC1CCC(n2cncn2)CC1. The van der Waals surface area contributed by atoms with Crippen LogP contribution < -0.4 is 10.2 Å². The molecular formula is C19H28N8O. The molecule has 28 heavy (non-hydrogen) atoms. The van der Waals surface area contributed by atoms with E-state index in [2.05, 4.69) is 42.2 Å². The van der Waals surface area contributed by atoms with E-state index in [9.17, 15) is 4.79 Å². The van der Waals surface area contributed by atoms with Crippen LogP contribution in [0.15, 0.2) is 18.9 Å². The zero-order valence-electron chi connectivity index (χ0n) is 16.6. The summed E-state index contributed by atoms with van der Waals surface area (Å²) in [4.78, 5) is 30.3. The molecule has 0 radical (unpaired) electrons. The van der Waals surface area contributed by atoms with Gasteiger partial charge in [-0.25, -0.2) is 19.6 Å². The van der Waals surface area contributed by atoms with E-state index < -0.39 is 0 Å². The molecule has 2 aromatic rings. The Morgan fingerprint density at radius 3 is 2.54 bits per heavy atom. The molecule has 0 spiro atoms. The fraction of sp³-hybridized carbons (Fsp3) is 0.632. The van der Waals surface area contributed by atoms with Crippen molar-refractivity contribution in [1.29, 1.82) is 0 Å². The van der Waals surface area contributed by atoms with Crippen LogP contribution in [0.4, 0.5) is 5.95 Å². The van der Waals surface area contributed by atoms with E-state index in [1.54, 1.807) is 18.9 Å². The van der Waals surface area contributed by atoms with E-state index in [4.69, 9.17) is 0 Å². The topological polar surface area (TPSA) is 92.1 Å². The minimum atomic E-state index is -0.0772. The van der Waals surface area contributed by atoms with Crippen molar-refractivity contribution in [2.24, 2.45) is 0 Å². The van der Waals surface area contributed by atoms with E-state index in [-0.39, 0.29) is 11.9 Å². The van der Waals surface area contributed by atoms with Gasteiger partial charge in [0.1, 0.15) is 12.7 Å². The number of piperazine rings is 1. The van der Waals surface area contributed by atoms with Crippen LogP contribution in [0, 0.1) is 6.92 Å². The smallest absolute Gasteiger partial charge is 0.254 e. The lowest BCUT2D eigenvalue weighted by Gasteiger charge is -2.32. The summed E-state index contributed by atoms with van der Waals surface area (Å²) >= 11 is 0. The van der Waals surface area contributed by atoms with Crippen LogP contribution in [0.3, 0.4) is 0 Å². The third-order valence-corrected chi connectivity index (χ3v) is 5.84. The zero-order chi connectivity index (χ0) is 19.5. The minimum Gasteiger partial charge on any atom is -0.349 e. The maximum Gasteiger partial charge on any atom is 0.254 e. The standard InChI is InChI=1S/C19H28N8O/c1-14-17(11-21-19(23-14)26-9-7-25(2)8-10-26)18(28)24-15-3-5-16(6-4-15)27-13-20-12-22-27/h11-13,15-16H,3-10H2,1-2H3,(H,24,28). The van der Waals surface area contributed by atoms with Crippen LogP contribution in [0.2, 0.25) is 0 Å². The van der Waals surface area contributed by atoms with Gasteiger partial charge in [-0.1, -0.05) is 0 Å². The summed E-state index contributed by atoms with van der Waals surface area (Å²) in [6.45, 7) is 5.72. The van der Waals surface area contributed by atoms with Gasteiger partial charge >= 0.3 is 0 Å². The number of hydrogen-bond donors (Lipinski definition) is 1. The third-order valence-electron chi connectivity index (χ3n) is 5.84. The Morgan fingerprint density at radius 1 is 1.14 bits per heavy atom. The van der Waals surface area contributed by atoms with E-state index in [0.29, 0.717) is 11.6 Å². The van der Waals surface area contributed by atoms with Crippen molar-refractivity contribution in [2.45, 2.75) is 44.7 Å². The Hall–Kier alpha value is -2.55. The maximum atomic E-state index is 12.7. The molecule has 0 bridgehead atoms. The first kappa shape index (κ1) is 18.8. The van der Waals surface area contributed by atoms with Crippen molar-refractivity contribution in [3.8, 4) is 0 Å². The van der Waals surface area contributed by atoms with E-state index in [1.165, 1.54) is 0 Å². The van der Waals surface area contributed by atoms with Crippen LogP contribution >= 0.6 is 0 Å². The number of nitrogens with zero attached hydrogens (tertiary/aromatic N) is 7. The highest BCUT2D eigenvalue weighted by atomic mass is 16.1. The summed E-state index contributed by atoms with van der Waals surface area (Å²) < 4.78 is 1.92. The lowest BCUT2D eigenvalue weighted by atomic mass is 9.91. The van der Waals surface area contributed by atoms with Gasteiger partial charge in [0.05, 0.1) is 17.3 Å². The van der Waals surface area contributed by atoms with Gasteiger partial charge in [-0.15, -0.1) is 0 Å². The highest BCUT2D eigenvalue weighted by Gasteiger charge is 2.25. The number of rotatable bonds is 4. The van der Waals surface area contributed by atoms with Crippen LogP contribution in [-0.2, 0) is 0 Å². The predicted octanol–water partition coefficient (Wildman–Crippen LogP) is 1.04. The van der Waals surface area contributed by atoms with Crippen molar-refractivity contribution >= 4 is 11.9 Å². The fourth-order valence-corrected chi connectivity index (χ4v) is 3.99. The molecular weight excluding hydrogens is 356 g/mol. The highest BCUT2D eigenvalue weighted by molar-refractivity contribution is 5.95. The summed E-state index contributed by atoms with van der Waals surface area (Å²) in [5.41, 5.74) is 1.30. The molecule has 2 aliphatic rings. The highest BCUT2D eigenvalue weighted by Crippen LogP contribution is 2.27. The van der Waals surface area contributed by atoms with Crippen LogP contribution in [0.1, 0.15) is 47.8 Å². The summed E-state index contributed by atoms with van der Waals surface area (Å²) in [5.74, 6) is 0.641. The van der Waals surface area contributed by atoms with Gasteiger partial charge in [0, 0.05) is 38.4 Å². The van der Waals surface area contributed by atoms with Gasteiger partial charge < -0.3 is 15.1 Å². The van der Waals surface area contributed by atoms with Crippen molar-refractivity contribution < 1.29 is 4.79 Å². The maximum absolute atomic E-state index is 12.7. The molecule has 1 saturated heterocycles. The van der Waals surface area contributed by atoms with Gasteiger partial charge in [0.15, 0.2) is 0 Å². The fourth-order valence-electron chi connectivity index (χ4n) is 3.99. The largest absolute Gasteiger partial charge is 0.349 e. The number of hydrogen-bond acceptors (Lipinski definition) is 7. The molecule has 2 aromatic heterocycles. The zero-order valence-corrected chi connectivity index (χ0v) is 16.6. The van der Waals surface area contributed by atoms with Crippen molar-refractivity contribution in [2.75, 3.05) is 38.1 Å². The van der Waals surface area contributed by atoms with Crippen LogP contribution in [0.5, 0.6) is 0 Å². The predicted molar refractivity (Wildman–Crippen MR) is 105 cm³/mol. The van der Waals surface area contributed by atoms with Crippen molar-refractivity contribution in [3.05, 3.63) is 30.1 Å². The molecule has 2 fully saturated rings. The second-order valence-electron chi connectivity index (χ2n) is 7.81. The molecule has 150 valence electrons. The molecule has 0 aromatic carbocycles. The molecule has 9 nitrogen and oxygen atoms in total. The quantitative estimate of drug-likeness (QED) is 0.842. The number of carbonyl (C=O) groups excluding carboxylic acids is 1. The average Bonchev–Trinajstić information content (AvgIpc) is 3.24. The molecule has 0 unspecified atom stereocenters. The molecule has 9 heteroatoms. The number of anilines is 1. The summed E-state index contributed by atoms with van der Waals surface area (Å²) in [6, 6.07) is 0.563. The average molecular weight is 384 g/mol. The Bertz CT molecular complexity index is 792. The molecule has 1 amide bonds. The van der Waals surface area contributed by atoms with Crippen LogP contribution in [-0.4, -0.2) is 74.8 Å². The lowest BCUT2D eigenvalue weighted by molar-refractivity contribution is 0.0920. The first-order valence-corrected chi connectivity index (χ1v) is 10.0. The number of aromatic nitrogens is 5. The Morgan fingerprint density at radius 2 is 1.89 bits per heavy atom. The number of nitrogens with one attached hydrogen (secondary N) is 1. The van der Waals surface area contributed by atoms with Gasteiger partial charge in [0.2, 0.25) is 5.95 Å². The minimum absolute atomic E-state index is 0.0772. The second-order valence-corrected chi connectivity index (χ2v) is 7.81. The third kappa shape index (κ3) is 4.14.